The molecule has 7 heteroatoms. The first-order valence-electron chi connectivity index (χ1n) is 4.09. The van der Waals surface area contributed by atoms with Crippen molar-refractivity contribution in [3.05, 3.63) is 18.5 Å². The number of hydrogen-bond donors (Lipinski definition) is 2. The van der Waals surface area contributed by atoms with Gasteiger partial charge in [0, 0.05) is 18.9 Å². The minimum atomic E-state index is -0.609. The lowest BCUT2D eigenvalue weighted by Crippen LogP contribution is -2.38. The second-order valence-electron chi connectivity index (χ2n) is 2.53. The van der Waals surface area contributed by atoms with Gasteiger partial charge in [-0.05, 0) is 6.07 Å². The summed E-state index contributed by atoms with van der Waals surface area (Å²) in [5, 5.41) is 2.76. The van der Waals surface area contributed by atoms with Crippen LogP contribution in [0.1, 0.15) is 0 Å². The van der Waals surface area contributed by atoms with Gasteiger partial charge in [0.15, 0.2) is 0 Å². The highest BCUT2D eigenvalue weighted by Crippen LogP contribution is 1.98. The zero-order valence-electron chi connectivity index (χ0n) is 8.21. The molecular formula is C8H13ClN4O2. The van der Waals surface area contributed by atoms with E-state index in [4.69, 9.17) is 5.73 Å². The summed E-state index contributed by atoms with van der Waals surface area (Å²) in [6, 6.07) is 1.07. The molecule has 0 aliphatic carbocycles. The Labute approximate surface area is 93.6 Å². The van der Waals surface area contributed by atoms with Gasteiger partial charge in [0.2, 0.25) is 5.95 Å². The van der Waals surface area contributed by atoms with Gasteiger partial charge in [-0.15, -0.1) is 12.4 Å². The van der Waals surface area contributed by atoms with Crippen molar-refractivity contribution in [1.82, 2.24) is 9.97 Å². The molecule has 0 aliphatic heterocycles. The van der Waals surface area contributed by atoms with Crippen LogP contribution in [-0.4, -0.2) is 35.6 Å². The predicted molar refractivity (Wildman–Crippen MR) is 57.8 cm³/mol. The van der Waals surface area contributed by atoms with Crippen molar-refractivity contribution in [2.75, 3.05) is 19.0 Å². The van der Waals surface area contributed by atoms with E-state index in [0.717, 1.165) is 0 Å². The highest BCUT2D eigenvalue weighted by Gasteiger charge is 2.17. The fourth-order valence-electron chi connectivity index (χ4n) is 0.886. The minimum absolute atomic E-state index is 0. The summed E-state index contributed by atoms with van der Waals surface area (Å²) in [5.74, 6) is -0.0756. The normalized spacial score (nSPS) is 11.1. The van der Waals surface area contributed by atoms with Crippen molar-refractivity contribution in [2.24, 2.45) is 5.73 Å². The van der Waals surface area contributed by atoms with Crippen molar-refractivity contribution in [2.45, 2.75) is 6.04 Å². The number of rotatable bonds is 4. The molecule has 3 N–H and O–H groups in total. The number of methoxy groups -OCH3 is 1. The van der Waals surface area contributed by atoms with Gasteiger partial charge >= 0.3 is 5.97 Å². The van der Waals surface area contributed by atoms with E-state index in [1.165, 1.54) is 7.11 Å². The molecule has 0 fully saturated rings. The zero-order chi connectivity index (χ0) is 10.4. The lowest BCUT2D eigenvalue weighted by molar-refractivity contribution is -0.141. The first kappa shape index (κ1) is 13.6. The lowest BCUT2D eigenvalue weighted by Gasteiger charge is -2.13. The summed E-state index contributed by atoms with van der Waals surface area (Å²) >= 11 is 0. The Morgan fingerprint density at radius 2 is 2.20 bits per heavy atom. The van der Waals surface area contributed by atoms with Crippen molar-refractivity contribution in [3.63, 3.8) is 0 Å². The molecule has 1 unspecified atom stereocenters. The van der Waals surface area contributed by atoms with Gasteiger partial charge in [0.05, 0.1) is 7.11 Å². The zero-order valence-corrected chi connectivity index (χ0v) is 9.03. The van der Waals surface area contributed by atoms with Crippen LogP contribution >= 0.6 is 12.4 Å². The van der Waals surface area contributed by atoms with E-state index in [9.17, 15) is 4.79 Å². The topological polar surface area (TPSA) is 90.1 Å². The molecule has 0 saturated heterocycles. The third-order valence-electron chi connectivity index (χ3n) is 1.59. The number of nitrogens with two attached hydrogens (primary N) is 1. The molecule has 0 saturated carbocycles. The minimum Gasteiger partial charge on any atom is -0.467 e. The van der Waals surface area contributed by atoms with Crippen LogP contribution in [-0.2, 0) is 9.53 Å². The molecule has 1 aromatic rings. The first-order valence-corrected chi connectivity index (χ1v) is 4.09. The van der Waals surface area contributed by atoms with Crippen LogP contribution in [0.3, 0.4) is 0 Å². The maximum atomic E-state index is 11.1. The average Bonchev–Trinajstić information content (AvgIpc) is 2.26. The summed E-state index contributed by atoms with van der Waals surface area (Å²) in [6.45, 7) is 0.130. The van der Waals surface area contributed by atoms with E-state index in [1.807, 2.05) is 0 Å². The number of ether oxygens (including phenoxy) is 1. The standard InChI is InChI=1S/C8H12N4O2.ClH/c1-14-7(13)6(5-9)12-8-10-3-2-4-11-8;/h2-4,6H,5,9H2,1H3,(H,10,11,12);1H. The van der Waals surface area contributed by atoms with Gasteiger partial charge in [-0.1, -0.05) is 0 Å². The van der Waals surface area contributed by atoms with Crippen LogP contribution in [0.15, 0.2) is 18.5 Å². The highest BCUT2D eigenvalue weighted by atomic mass is 35.5. The van der Waals surface area contributed by atoms with Crippen LogP contribution in [0, 0.1) is 0 Å². The number of hydrogen-bond acceptors (Lipinski definition) is 6. The smallest absolute Gasteiger partial charge is 0.329 e. The Bertz CT molecular complexity index is 296. The van der Waals surface area contributed by atoms with E-state index in [1.54, 1.807) is 18.5 Å². The summed E-state index contributed by atoms with van der Waals surface area (Å²) in [7, 11) is 1.30. The maximum absolute atomic E-state index is 11.1. The molecule has 0 aromatic carbocycles. The maximum Gasteiger partial charge on any atom is 0.329 e. The molecule has 0 aliphatic rings. The van der Waals surface area contributed by atoms with Gasteiger partial charge in [-0.3, -0.25) is 0 Å². The third kappa shape index (κ3) is 4.09. The molecule has 0 spiro atoms. The number of carbonyl (C=O) groups excluding carboxylic acids is 1. The Kier molecular flexibility index (Phi) is 6.32. The second kappa shape index (κ2) is 6.97. The number of carbonyl (C=O) groups is 1. The first-order chi connectivity index (χ1) is 6.77. The summed E-state index contributed by atoms with van der Waals surface area (Å²) in [6.07, 6.45) is 3.14. The molecule has 1 aromatic heterocycles. The van der Waals surface area contributed by atoms with E-state index >= 15 is 0 Å². The van der Waals surface area contributed by atoms with Crippen molar-refractivity contribution in [3.8, 4) is 0 Å². The molecule has 1 rings (SSSR count). The quantitative estimate of drug-likeness (QED) is 0.700. The molecular weight excluding hydrogens is 220 g/mol. The van der Waals surface area contributed by atoms with Crippen LogP contribution in [0.4, 0.5) is 5.95 Å². The van der Waals surface area contributed by atoms with Crippen molar-refractivity contribution >= 4 is 24.3 Å². The van der Waals surface area contributed by atoms with E-state index < -0.39 is 12.0 Å². The fourth-order valence-corrected chi connectivity index (χ4v) is 0.886. The molecule has 0 radical (unpaired) electrons. The van der Waals surface area contributed by atoms with Crippen molar-refractivity contribution in [1.29, 1.82) is 0 Å². The Morgan fingerprint density at radius 3 is 2.67 bits per heavy atom. The van der Waals surface area contributed by atoms with E-state index in [-0.39, 0.29) is 19.0 Å². The van der Waals surface area contributed by atoms with Crippen molar-refractivity contribution < 1.29 is 9.53 Å². The summed E-state index contributed by atoms with van der Waals surface area (Å²) in [5.41, 5.74) is 5.38. The lowest BCUT2D eigenvalue weighted by atomic mass is 10.3. The SMILES string of the molecule is COC(=O)C(CN)Nc1ncccn1.Cl. The Morgan fingerprint density at radius 1 is 1.60 bits per heavy atom. The Hall–Kier alpha value is -1.40. The highest BCUT2D eigenvalue weighted by molar-refractivity contribution is 5.85. The predicted octanol–water partition coefficient (Wildman–Crippen LogP) is -0.189. The summed E-state index contributed by atoms with van der Waals surface area (Å²) < 4.78 is 4.54. The number of esters is 1. The van der Waals surface area contributed by atoms with E-state index in [2.05, 4.69) is 20.0 Å². The van der Waals surface area contributed by atoms with Gasteiger partial charge < -0.3 is 15.8 Å². The molecule has 15 heavy (non-hydrogen) atoms. The molecule has 0 amide bonds. The van der Waals surface area contributed by atoms with Crippen LogP contribution in [0.25, 0.3) is 0 Å². The average molecular weight is 233 g/mol. The Balaban J connectivity index is 0.00000196. The monoisotopic (exact) mass is 232 g/mol. The molecule has 6 nitrogen and oxygen atoms in total. The van der Waals surface area contributed by atoms with Gasteiger partial charge in [-0.2, -0.15) is 0 Å². The van der Waals surface area contributed by atoms with Crippen LogP contribution in [0.5, 0.6) is 0 Å². The fraction of sp³-hybridized carbons (Fsp3) is 0.375. The van der Waals surface area contributed by atoms with Gasteiger partial charge in [0.1, 0.15) is 6.04 Å². The number of anilines is 1. The largest absolute Gasteiger partial charge is 0.467 e. The second-order valence-corrected chi connectivity index (χ2v) is 2.53. The van der Waals surface area contributed by atoms with Gasteiger partial charge in [-0.25, -0.2) is 14.8 Å². The number of nitrogens with one attached hydrogen (secondary N) is 1. The molecule has 1 heterocycles. The van der Waals surface area contributed by atoms with Gasteiger partial charge in [0.25, 0.3) is 0 Å². The number of nitrogens with zero attached hydrogens (tertiary/aromatic N) is 2. The molecule has 1 atom stereocenters. The molecule has 0 bridgehead atoms. The van der Waals surface area contributed by atoms with Crippen LogP contribution < -0.4 is 11.1 Å². The number of halogens is 1. The summed E-state index contributed by atoms with van der Waals surface area (Å²) in [4.78, 5) is 18.9. The van der Waals surface area contributed by atoms with Crippen LogP contribution in [0.2, 0.25) is 0 Å². The number of aromatic nitrogens is 2. The molecule has 84 valence electrons. The third-order valence-corrected chi connectivity index (χ3v) is 1.59. The van der Waals surface area contributed by atoms with E-state index in [0.29, 0.717) is 5.95 Å².